The van der Waals surface area contributed by atoms with Crippen molar-refractivity contribution in [3.05, 3.63) is 53.4 Å². The van der Waals surface area contributed by atoms with Crippen molar-refractivity contribution in [2.45, 2.75) is 13.0 Å². The minimum absolute atomic E-state index is 0.232. The van der Waals surface area contributed by atoms with Crippen molar-refractivity contribution in [1.82, 2.24) is 20.4 Å². The first-order chi connectivity index (χ1) is 11.7. The van der Waals surface area contributed by atoms with Gasteiger partial charge < -0.3 is 9.15 Å². The van der Waals surface area contributed by atoms with E-state index >= 15 is 0 Å². The van der Waals surface area contributed by atoms with Crippen LogP contribution in [-0.4, -0.2) is 26.4 Å². The molecule has 120 valence electrons. The molecule has 0 saturated heterocycles. The predicted octanol–water partition coefficient (Wildman–Crippen LogP) is 3.59. The van der Waals surface area contributed by atoms with Crippen molar-refractivity contribution < 1.29 is 13.9 Å². The van der Waals surface area contributed by atoms with Gasteiger partial charge in [0.2, 0.25) is 0 Å². The maximum Gasteiger partial charge on any atom is 0.360 e. The third-order valence-electron chi connectivity index (χ3n) is 3.47. The number of hydrogen-bond acceptors (Lipinski definition) is 7. The Labute approximate surface area is 140 Å². The van der Waals surface area contributed by atoms with Gasteiger partial charge in [-0.3, -0.25) is 5.10 Å². The Kier molecular flexibility index (Phi) is 3.58. The van der Waals surface area contributed by atoms with Crippen LogP contribution in [0.5, 0.6) is 0 Å². The van der Waals surface area contributed by atoms with Crippen molar-refractivity contribution in [2.75, 3.05) is 0 Å². The number of hydrogen-bond donors (Lipinski definition) is 1. The van der Waals surface area contributed by atoms with Crippen LogP contribution >= 0.6 is 11.3 Å². The Hall–Kier alpha value is -3.00. The summed E-state index contributed by atoms with van der Waals surface area (Å²) in [6.45, 7) is 1.68. The number of ether oxygens (including phenoxy) is 1. The van der Waals surface area contributed by atoms with E-state index in [4.69, 9.17) is 9.15 Å². The average Bonchev–Trinajstić information content (AvgIpc) is 3.33. The van der Waals surface area contributed by atoms with Crippen molar-refractivity contribution in [2.24, 2.45) is 0 Å². The van der Waals surface area contributed by atoms with Crippen molar-refractivity contribution >= 4 is 28.2 Å². The first-order valence-electron chi connectivity index (χ1n) is 7.24. The van der Waals surface area contributed by atoms with Gasteiger partial charge in [-0.25, -0.2) is 4.79 Å². The highest BCUT2D eigenvalue weighted by Crippen LogP contribution is 2.26. The number of carbonyl (C=O) groups excluding carboxylic acids is 1. The Balaban J connectivity index is 1.53. The number of nitrogens with zero attached hydrogens (tertiary/aromatic N) is 3. The summed E-state index contributed by atoms with van der Waals surface area (Å²) in [4.78, 5) is 13.2. The summed E-state index contributed by atoms with van der Waals surface area (Å²) in [5, 5.41) is 17.4. The molecule has 1 aromatic carbocycles. The molecule has 1 atom stereocenters. The van der Waals surface area contributed by atoms with Crippen LogP contribution < -0.4 is 0 Å². The predicted molar refractivity (Wildman–Crippen MR) is 87.5 cm³/mol. The Bertz CT molecular complexity index is 990. The second kappa shape index (κ2) is 5.89. The smallest absolute Gasteiger partial charge is 0.360 e. The highest BCUT2D eigenvalue weighted by molar-refractivity contribution is 7.13. The molecule has 3 aromatic heterocycles. The average molecular weight is 340 g/mol. The number of para-hydroxylation sites is 1. The Morgan fingerprint density at radius 2 is 2.12 bits per heavy atom. The van der Waals surface area contributed by atoms with Gasteiger partial charge >= 0.3 is 5.97 Å². The van der Waals surface area contributed by atoms with Crippen molar-refractivity contribution in [1.29, 1.82) is 0 Å². The number of nitrogens with one attached hydrogen (secondary N) is 1. The molecule has 0 fully saturated rings. The van der Waals surface area contributed by atoms with E-state index < -0.39 is 12.1 Å². The summed E-state index contributed by atoms with van der Waals surface area (Å²) < 4.78 is 11.0. The SMILES string of the molecule is CC(OC(=O)c1n[nH]c2ccccc12)c1nnc(-c2cccs2)o1. The van der Waals surface area contributed by atoms with E-state index in [1.54, 1.807) is 6.92 Å². The lowest BCUT2D eigenvalue weighted by Gasteiger charge is -2.07. The van der Waals surface area contributed by atoms with Crippen LogP contribution in [0.2, 0.25) is 0 Å². The maximum absolute atomic E-state index is 12.3. The molecule has 4 rings (SSSR count). The fraction of sp³-hybridized carbons (Fsp3) is 0.125. The number of benzene rings is 1. The van der Waals surface area contributed by atoms with Crippen LogP contribution in [0.15, 0.2) is 46.2 Å². The van der Waals surface area contributed by atoms with Gasteiger partial charge in [-0.15, -0.1) is 21.5 Å². The van der Waals surface area contributed by atoms with Gasteiger partial charge in [-0.2, -0.15) is 5.10 Å². The highest BCUT2D eigenvalue weighted by atomic mass is 32.1. The summed E-state index contributed by atoms with van der Waals surface area (Å²) in [5.74, 6) is 0.107. The lowest BCUT2D eigenvalue weighted by atomic mass is 10.2. The van der Waals surface area contributed by atoms with E-state index in [9.17, 15) is 4.79 Å². The molecule has 4 aromatic rings. The third kappa shape index (κ3) is 2.56. The number of fused-ring (bicyclic) bond motifs is 1. The number of aromatic nitrogens is 4. The normalized spacial score (nSPS) is 12.4. The van der Waals surface area contributed by atoms with Crippen molar-refractivity contribution in [3.8, 4) is 10.8 Å². The lowest BCUT2D eigenvalue weighted by Crippen LogP contribution is -2.10. The molecular formula is C16H12N4O3S. The molecule has 0 aliphatic heterocycles. The number of rotatable bonds is 4. The van der Waals surface area contributed by atoms with Crippen LogP contribution in [0.1, 0.15) is 29.4 Å². The van der Waals surface area contributed by atoms with Crippen molar-refractivity contribution in [3.63, 3.8) is 0 Å². The molecule has 0 saturated carbocycles. The number of esters is 1. The molecule has 3 heterocycles. The highest BCUT2D eigenvalue weighted by Gasteiger charge is 2.23. The third-order valence-corrected chi connectivity index (χ3v) is 4.33. The first-order valence-corrected chi connectivity index (χ1v) is 8.11. The number of H-pyrrole nitrogens is 1. The van der Waals surface area contributed by atoms with Crippen LogP contribution in [0.4, 0.5) is 0 Å². The monoisotopic (exact) mass is 340 g/mol. The molecule has 8 heteroatoms. The minimum Gasteiger partial charge on any atom is -0.448 e. The number of carbonyl (C=O) groups is 1. The topological polar surface area (TPSA) is 93.9 Å². The van der Waals surface area contributed by atoms with Gasteiger partial charge in [-0.05, 0) is 24.4 Å². The molecule has 0 aliphatic rings. The fourth-order valence-corrected chi connectivity index (χ4v) is 2.93. The van der Waals surface area contributed by atoms with Gasteiger partial charge in [-0.1, -0.05) is 24.3 Å². The van der Waals surface area contributed by atoms with E-state index in [0.717, 1.165) is 10.4 Å². The molecule has 1 unspecified atom stereocenters. The summed E-state index contributed by atoms with van der Waals surface area (Å²) >= 11 is 1.50. The zero-order valence-corrected chi connectivity index (χ0v) is 13.4. The van der Waals surface area contributed by atoms with Crippen LogP contribution in [0, 0.1) is 0 Å². The van der Waals surface area contributed by atoms with E-state index in [0.29, 0.717) is 11.3 Å². The largest absolute Gasteiger partial charge is 0.448 e. The molecule has 24 heavy (non-hydrogen) atoms. The van der Waals surface area contributed by atoms with Crippen LogP contribution in [0.3, 0.4) is 0 Å². The molecule has 0 bridgehead atoms. The first kappa shape index (κ1) is 14.6. The summed E-state index contributed by atoms with van der Waals surface area (Å²) in [7, 11) is 0. The second-order valence-corrected chi connectivity index (χ2v) is 6.04. The Morgan fingerprint density at radius 3 is 2.96 bits per heavy atom. The van der Waals surface area contributed by atoms with E-state index in [-0.39, 0.29) is 11.6 Å². The van der Waals surface area contributed by atoms with Crippen LogP contribution in [-0.2, 0) is 4.74 Å². The molecule has 0 radical (unpaired) electrons. The molecule has 1 N–H and O–H groups in total. The zero-order chi connectivity index (χ0) is 16.5. The second-order valence-electron chi connectivity index (χ2n) is 5.09. The van der Waals surface area contributed by atoms with E-state index in [1.165, 1.54) is 11.3 Å². The summed E-state index contributed by atoms with van der Waals surface area (Å²) in [5.41, 5.74) is 1.00. The van der Waals surface area contributed by atoms with Crippen LogP contribution in [0.25, 0.3) is 21.7 Å². The minimum atomic E-state index is -0.672. The molecule has 0 spiro atoms. The summed E-state index contributed by atoms with van der Waals surface area (Å²) in [6.07, 6.45) is -0.672. The number of thiophene rings is 1. The lowest BCUT2D eigenvalue weighted by molar-refractivity contribution is 0.0275. The van der Waals surface area contributed by atoms with E-state index in [2.05, 4.69) is 20.4 Å². The molecule has 0 amide bonds. The molecule has 7 nitrogen and oxygen atoms in total. The van der Waals surface area contributed by atoms with Gasteiger partial charge in [0.1, 0.15) is 0 Å². The molecular weight excluding hydrogens is 328 g/mol. The number of aromatic amines is 1. The zero-order valence-electron chi connectivity index (χ0n) is 12.6. The maximum atomic E-state index is 12.3. The molecule has 0 aliphatic carbocycles. The standard InChI is InChI=1S/C16H12N4O3S/c1-9(14-19-20-15(23-14)12-7-4-8-24-12)22-16(21)13-10-5-2-3-6-11(10)17-18-13/h2-9H,1H3,(H,17,18). The van der Waals surface area contributed by atoms with Gasteiger partial charge in [0.15, 0.2) is 11.8 Å². The Morgan fingerprint density at radius 1 is 1.25 bits per heavy atom. The van der Waals surface area contributed by atoms with Gasteiger partial charge in [0.25, 0.3) is 11.8 Å². The quantitative estimate of drug-likeness (QED) is 0.571. The fourth-order valence-electron chi connectivity index (χ4n) is 2.28. The van der Waals surface area contributed by atoms with Gasteiger partial charge in [0.05, 0.1) is 10.4 Å². The van der Waals surface area contributed by atoms with E-state index in [1.807, 2.05) is 41.8 Å². The van der Waals surface area contributed by atoms with Gasteiger partial charge in [0, 0.05) is 5.39 Å². The summed E-state index contributed by atoms with van der Waals surface area (Å²) in [6, 6.07) is 11.1.